The molecule has 1 fully saturated rings. The minimum absolute atomic E-state index is 0.0000926. The second-order valence-corrected chi connectivity index (χ2v) is 3.42. The largest absolute Gasteiger partial charge is 0.364 e. The summed E-state index contributed by atoms with van der Waals surface area (Å²) in [5.74, 6) is -0.0000926. The lowest BCUT2D eigenvalue weighted by molar-refractivity contribution is -0.120. The molecule has 2 N–H and O–H groups in total. The summed E-state index contributed by atoms with van der Waals surface area (Å²) in [6, 6.07) is 2.29. The maximum atomic E-state index is 11.2. The van der Waals surface area contributed by atoms with Crippen molar-refractivity contribution in [3.63, 3.8) is 0 Å². The molecule has 0 unspecified atom stereocenters. The third kappa shape index (κ3) is 2.85. The second kappa shape index (κ2) is 4.23. The Hall–Kier alpha value is -1.36. The molecular formula is C9H13N3O2. The highest BCUT2D eigenvalue weighted by molar-refractivity contribution is 5.77. The van der Waals surface area contributed by atoms with Gasteiger partial charge in [-0.2, -0.15) is 0 Å². The summed E-state index contributed by atoms with van der Waals surface area (Å²) in [6.45, 7) is 0.824. The van der Waals surface area contributed by atoms with Crippen molar-refractivity contribution in [2.24, 2.45) is 0 Å². The van der Waals surface area contributed by atoms with Gasteiger partial charge in [-0.15, -0.1) is 0 Å². The number of rotatable bonds is 5. The summed E-state index contributed by atoms with van der Waals surface area (Å²) < 4.78 is 4.64. The molecule has 0 atom stereocenters. The minimum Gasteiger partial charge on any atom is -0.364 e. The molecule has 1 aromatic rings. The summed E-state index contributed by atoms with van der Waals surface area (Å²) in [6.07, 6.45) is 3.87. The average Bonchev–Trinajstić information content (AvgIpc) is 2.87. The van der Waals surface area contributed by atoms with Crippen LogP contribution in [0.25, 0.3) is 0 Å². The van der Waals surface area contributed by atoms with Gasteiger partial charge in [0, 0.05) is 12.1 Å². The van der Waals surface area contributed by atoms with Crippen molar-refractivity contribution in [3.8, 4) is 0 Å². The highest BCUT2D eigenvalue weighted by atomic mass is 16.5. The molecule has 0 aromatic carbocycles. The predicted octanol–water partition coefficient (Wildman–Crippen LogP) is 0.0428. The van der Waals surface area contributed by atoms with E-state index in [1.54, 1.807) is 6.07 Å². The fourth-order valence-corrected chi connectivity index (χ4v) is 1.10. The van der Waals surface area contributed by atoms with Crippen molar-refractivity contribution in [2.75, 3.05) is 6.54 Å². The molecule has 1 heterocycles. The number of hydrogen-bond acceptors (Lipinski definition) is 4. The van der Waals surface area contributed by atoms with Crippen LogP contribution in [-0.2, 0) is 11.3 Å². The average molecular weight is 195 g/mol. The number of carbonyl (C=O) groups is 1. The molecule has 5 nitrogen and oxygen atoms in total. The molecule has 0 saturated heterocycles. The molecule has 0 spiro atoms. The lowest BCUT2D eigenvalue weighted by Gasteiger charge is -2.03. The number of nitrogens with one attached hydrogen (secondary N) is 2. The van der Waals surface area contributed by atoms with Crippen molar-refractivity contribution in [1.29, 1.82) is 0 Å². The van der Waals surface area contributed by atoms with Crippen LogP contribution in [0, 0.1) is 0 Å². The van der Waals surface area contributed by atoms with Crippen molar-refractivity contribution in [3.05, 3.63) is 18.0 Å². The SMILES string of the molecule is O=C(CNC1CC1)NCc1ccon1. The molecule has 1 amide bonds. The van der Waals surface area contributed by atoms with Crippen molar-refractivity contribution in [1.82, 2.24) is 15.8 Å². The highest BCUT2D eigenvalue weighted by Crippen LogP contribution is 2.17. The van der Waals surface area contributed by atoms with E-state index in [0.29, 0.717) is 19.1 Å². The van der Waals surface area contributed by atoms with E-state index in [1.807, 2.05) is 0 Å². The van der Waals surface area contributed by atoms with Crippen molar-refractivity contribution < 1.29 is 9.32 Å². The Labute approximate surface area is 81.8 Å². The monoisotopic (exact) mass is 195 g/mol. The van der Waals surface area contributed by atoms with Gasteiger partial charge in [0.05, 0.1) is 13.1 Å². The van der Waals surface area contributed by atoms with E-state index in [9.17, 15) is 4.79 Å². The smallest absolute Gasteiger partial charge is 0.234 e. The molecule has 76 valence electrons. The van der Waals surface area contributed by atoms with Crippen LogP contribution in [0.5, 0.6) is 0 Å². The third-order valence-corrected chi connectivity index (χ3v) is 2.09. The fraction of sp³-hybridized carbons (Fsp3) is 0.556. The summed E-state index contributed by atoms with van der Waals surface area (Å²) in [7, 11) is 0. The molecule has 1 aliphatic carbocycles. The quantitative estimate of drug-likeness (QED) is 0.696. The van der Waals surface area contributed by atoms with E-state index >= 15 is 0 Å². The maximum absolute atomic E-state index is 11.2. The summed E-state index contributed by atoms with van der Waals surface area (Å²) in [5, 5.41) is 9.56. The van der Waals surface area contributed by atoms with Crippen LogP contribution in [0.1, 0.15) is 18.5 Å². The molecule has 2 rings (SSSR count). The van der Waals surface area contributed by atoms with E-state index in [0.717, 1.165) is 5.69 Å². The normalized spacial score (nSPS) is 15.4. The van der Waals surface area contributed by atoms with E-state index in [1.165, 1.54) is 19.1 Å². The zero-order chi connectivity index (χ0) is 9.80. The first-order chi connectivity index (χ1) is 6.84. The third-order valence-electron chi connectivity index (χ3n) is 2.09. The maximum Gasteiger partial charge on any atom is 0.234 e. The van der Waals surface area contributed by atoms with Gasteiger partial charge >= 0.3 is 0 Å². The summed E-state index contributed by atoms with van der Waals surface area (Å²) in [4.78, 5) is 11.2. The Bertz CT molecular complexity index is 293. The highest BCUT2D eigenvalue weighted by Gasteiger charge is 2.20. The fourth-order valence-electron chi connectivity index (χ4n) is 1.10. The van der Waals surface area contributed by atoms with E-state index in [4.69, 9.17) is 0 Å². The molecule has 14 heavy (non-hydrogen) atoms. The van der Waals surface area contributed by atoms with Gasteiger partial charge in [0.25, 0.3) is 0 Å². The topological polar surface area (TPSA) is 67.2 Å². The van der Waals surface area contributed by atoms with Crippen LogP contribution < -0.4 is 10.6 Å². The van der Waals surface area contributed by atoms with Crippen LogP contribution in [-0.4, -0.2) is 23.7 Å². The zero-order valence-electron chi connectivity index (χ0n) is 7.82. The van der Waals surface area contributed by atoms with Gasteiger partial charge in [-0.05, 0) is 12.8 Å². The van der Waals surface area contributed by atoms with Crippen LogP contribution in [0.2, 0.25) is 0 Å². The predicted molar refractivity (Wildman–Crippen MR) is 49.4 cm³/mol. The summed E-state index contributed by atoms with van der Waals surface area (Å²) in [5.41, 5.74) is 0.741. The number of hydrogen-bond donors (Lipinski definition) is 2. The first-order valence-corrected chi connectivity index (χ1v) is 4.74. The van der Waals surface area contributed by atoms with E-state index in [2.05, 4.69) is 20.3 Å². The van der Waals surface area contributed by atoms with Gasteiger partial charge in [-0.3, -0.25) is 4.79 Å². The Morgan fingerprint density at radius 1 is 1.64 bits per heavy atom. The Morgan fingerprint density at radius 2 is 2.50 bits per heavy atom. The minimum atomic E-state index is -0.0000926. The first-order valence-electron chi connectivity index (χ1n) is 4.74. The molecule has 1 aromatic heterocycles. The van der Waals surface area contributed by atoms with Gasteiger partial charge < -0.3 is 15.2 Å². The van der Waals surface area contributed by atoms with Crippen LogP contribution in [0.3, 0.4) is 0 Å². The zero-order valence-corrected chi connectivity index (χ0v) is 7.82. The second-order valence-electron chi connectivity index (χ2n) is 3.42. The number of carbonyl (C=O) groups excluding carboxylic acids is 1. The van der Waals surface area contributed by atoms with Crippen molar-refractivity contribution >= 4 is 5.91 Å². The van der Waals surface area contributed by atoms with Gasteiger partial charge in [0.2, 0.25) is 5.91 Å². The molecular weight excluding hydrogens is 182 g/mol. The van der Waals surface area contributed by atoms with E-state index in [-0.39, 0.29) is 5.91 Å². The van der Waals surface area contributed by atoms with Gasteiger partial charge in [0.15, 0.2) is 0 Å². The molecule has 0 aliphatic heterocycles. The Morgan fingerprint density at radius 3 is 3.14 bits per heavy atom. The Kier molecular flexibility index (Phi) is 2.78. The van der Waals surface area contributed by atoms with Crippen molar-refractivity contribution in [2.45, 2.75) is 25.4 Å². The molecule has 5 heteroatoms. The van der Waals surface area contributed by atoms with Crippen LogP contribution in [0.15, 0.2) is 16.9 Å². The Balaban J connectivity index is 1.62. The van der Waals surface area contributed by atoms with Crippen LogP contribution in [0.4, 0.5) is 0 Å². The molecule has 0 bridgehead atoms. The molecule has 0 radical (unpaired) electrons. The van der Waals surface area contributed by atoms with E-state index < -0.39 is 0 Å². The lowest BCUT2D eigenvalue weighted by atomic mass is 10.4. The summed E-state index contributed by atoms with van der Waals surface area (Å²) >= 11 is 0. The lowest BCUT2D eigenvalue weighted by Crippen LogP contribution is -2.34. The first kappa shape index (κ1) is 9.21. The van der Waals surface area contributed by atoms with Gasteiger partial charge in [0.1, 0.15) is 12.0 Å². The molecule has 1 saturated carbocycles. The van der Waals surface area contributed by atoms with Gasteiger partial charge in [-0.25, -0.2) is 0 Å². The van der Waals surface area contributed by atoms with Gasteiger partial charge in [-0.1, -0.05) is 5.16 Å². The standard InChI is InChI=1S/C9H13N3O2/c13-9(6-10-7-1-2-7)11-5-8-3-4-14-12-8/h3-4,7,10H,1-2,5-6H2,(H,11,13). The van der Waals surface area contributed by atoms with Crippen LogP contribution >= 0.6 is 0 Å². The number of nitrogens with zero attached hydrogens (tertiary/aromatic N) is 1. The number of aromatic nitrogens is 1. The number of amides is 1. The molecule has 1 aliphatic rings.